The third-order valence-corrected chi connectivity index (χ3v) is 2.73. The van der Waals surface area contributed by atoms with Crippen LogP contribution in [0.1, 0.15) is 11.1 Å². The molecule has 17 heavy (non-hydrogen) atoms. The molecule has 2 rings (SSSR count). The van der Waals surface area contributed by atoms with E-state index in [4.69, 9.17) is 0 Å². The summed E-state index contributed by atoms with van der Waals surface area (Å²) in [6, 6.07) is 7.36. The zero-order chi connectivity index (χ0) is 12.4. The molecule has 2 aromatic rings. The van der Waals surface area contributed by atoms with Gasteiger partial charge in [-0.2, -0.15) is 0 Å². The van der Waals surface area contributed by atoms with Crippen molar-refractivity contribution in [1.82, 2.24) is 4.98 Å². The van der Waals surface area contributed by atoms with Gasteiger partial charge in [-0.05, 0) is 59.1 Å². The third-order valence-electron chi connectivity index (χ3n) is 2.29. The van der Waals surface area contributed by atoms with Crippen LogP contribution in [0.2, 0.25) is 0 Å². The van der Waals surface area contributed by atoms with Gasteiger partial charge in [-0.1, -0.05) is 6.07 Å². The van der Waals surface area contributed by atoms with Gasteiger partial charge in [0.05, 0.1) is 0 Å². The van der Waals surface area contributed by atoms with Crippen molar-refractivity contribution >= 4 is 27.4 Å². The molecule has 0 aliphatic rings. The quantitative estimate of drug-likeness (QED) is 0.891. The lowest BCUT2D eigenvalue weighted by molar-refractivity contribution is 0.625. The molecule has 0 aliphatic carbocycles. The van der Waals surface area contributed by atoms with Crippen molar-refractivity contribution < 1.29 is 4.39 Å². The standard InChI is InChI=1S/C13H12BrFN2/c1-8-3-9(2)5-11(4-8)17-13-12(15)6-10(14)7-16-13/h3-7H,1-2H3,(H,16,17). The largest absolute Gasteiger partial charge is 0.338 e. The fraction of sp³-hybridized carbons (Fsp3) is 0.154. The van der Waals surface area contributed by atoms with Crippen molar-refractivity contribution in [3.05, 3.63) is 51.9 Å². The van der Waals surface area contributed by atoms with Gasteiger partial charge >= 0.3 is 0 Å². The van der Waals surface area contributed by atoms with Crippen molar-refractivity contribution in [2.75, 3.05) is 5.32 Å². The van der Waals surface area contributed by atoms with Gasteiger partial charge in [0.1, 0.15) is 0 Å². The lowest BCUT2D eigenvalue weighted by Crippen LogP contribution is -1.97. The number of anilines is 2. The van der Waals surface area contributed by atoms with Gasteiger partial charge in [-0.15, -0.1) is 0 Å². The molecule has 1 N–H and O–H groups in total. The van der Waals surface area contributed by atoms with E-state index in [1.807, 2.05) is 26.0 Å². The smallest absolute Gasteiger partial charge is 0.166 e. The molecule has 0 saturated heterocycles. The maximum Gasteiger partial charge on any atom is 0.166 e. The molecule has 0 spiro atoms. The number of nitrogens with zero attached hydrogens (tertiary/aromatic N) is 1. The van der Waals surface area contributed by atoms with E-state index in [-0.39, 0.29) is 11.6 Å². The van der Waals surface area contributed by atoms with Gasteiger partial charge < -0.3 is 5.32 Å². The molecule has 1 heterocycles. The second kappa shape index (κ2) is 4.84. The van der Waals surface area contributed by atoms with Crippen LogP contribution in [0.4, 0.5) is 15.9 Å². The van der Waals surface area contributed by atoms with Crippen LogP contribution < -0.4 is 5.32 Å². The fourth-order valence-corrected chi connectivity index (χ4v) is 1.99. The van der Waals surface area contributed by atoms with Crippen LogP contribution in [0.15, 0.2) is 34.9 Å². The predicted molar refractivity (Wildman–Crippen MR) is 71.1 cm³/mol. The van der Waals surface area contributed by atoms with Crippen LogP contribution in [-0.2, 0) is 0 Å². The molecule has 0 unspecified atom stereocenters. The Morgan fingerprint density at radius 2 is 1.76 bits per heavy atom. The lowest BCUT2D eigenvalue weighted by atomic mass is 10.1. The summed E-state index contributed by atoms with van der Waals surface area (Å²) in [6.45, 7) is 4.01. The van der Waals surface area contributed by atoms with E-state index in [9.17, 15) is 4.39 Å². The molecule has 0 atom stereocenters. The van der Waals surface area contributed by atoms with Gasteiger partial charge in [-0.25, -0.2) is 9.37 Å². The number of benzene rings is 1. The Kier molecular flexibility index (Phi) is 3.43. The van der Waals surface area contributed by atoms with Crippen LogP contribution in [0, 0.1) is 19.7 Å². The van der Waals surface area contributed by atoms with Crippen LogP contribution in [0.3, 0.4) is 0 Å². The van der Waals surface area contributed by atoms with Gasteiger partial charge in [0, 0.05) is 16.4 Å². The minimum Gasteiger partial charge on any atom is -0.338 e. The fourth-order valence-electron chi connectivity index (χ4n) is 1.69. The number of hydrogen-bond acceptors (Lipinski definition) is 2. The lowest BCUT2D eigenvalue weighted by Gasteiger charge is -2.08. The van der Waals surface area contributed by atoms with Crippen LogP contribution >= 0.6 is 15.9 Å². The number of halogens is 2. The zero-order valence-electron chi connectivity index (χ0n) is 9.59. The highest BCUT2D eigenvalue weighted by Crippen LogP contribution is 2.22. The highest BCUT2D eigenvalue weighted by molar-refractivity contribution is 9.10. The van der Waals surface area contributed by atoms with Crippen molar-refractivity contribution in [3.63, 3.8) is 0 Å². The minimum absolute atomic E-state index is 0.234. The summed E-state index contributed by atoms with van der Waals surface area (Å²) in [5.74, 6) is -0.142. The van der Waals surface area contributed by atoms with E-state index in [0.717, 1.165) is 16.8 Å². The number of rotatable bonds is 2. The van der Waals surface area contributed by atoms with Crippen molar-refractivity contribution in [3.8, 4) is 0 Å². The molecular weight excluding hydrogens is 283 g/mol. The Hall–Kier alpha value is -1.42. The summed E-state index contributed by atoms with van der Waals surface area (Å²) in [5, 5.41) is 2.97. The van der Waals surface area contributed by atoms with E-state index in [1.165, 1.54) is 6.07 Å². The molecule has 0 bridgehead atoms. The SMILES string of the molecule is Cc1cc(C)cc(Nc2ncc(Br)cc2F)c1. The summed E-state index contributed by atoms with van der Waals surface area (Å²) in [7, 11) is 0. The van der Waals surface area contributed by atoms with Gasteiger partial charge in [0.25, 0.3) is 0 Å². The molecule has 4 heteroatoms. The van der Waals surface area contributed by atoms with Gasteiger partial charge in [0.2, 0.25) is 0 Å². The second-order valence-electron chi connectivity index (χ2n) is 3.99. The number of pyridine rings is 1. The van der Waals surface area contributed by atoms with E-state index in [0.29, 0.717) is 4.47 Å². The monoisotopic (exact) mass is 294 g/mol. The number of hydrogen-bond donors (Lipinski definition) is 1. The first-order valence-corrected chi connectivity index (χ1v) is 6.00. The van der Waals surface area contributed by atoms with Gasteiger partial charge in [-0.3, -0.25) is 0 Å². The topological polar surface area (TPSA) is 24.9 Å². The van der Waals surface area contributed by atoms with E-state index in [1.54, 1.807) is 6.20 Å². The average molecular weight is 295 g/mol. The summed E-state index contributed by atoms with van der Waals surface area (Å²) in [4.78, 5) is 4.00. The van der Waals surface area contributed by atoms with E-state index < -0.39 is 0 Å². The maximum absolute atomic E-state index is 13.6. The van der Waals surface area contributed by atoms with Crippen molar-refractivity contribution in [2.45, 2.75) is 13.8 Å². The summed E-state index contributed by atoms with van der Waals surface area (Å²) >= 11 is 3.17. The minimum atomic E-state index is -0.376. The Labute approximate surface area is 108 Å². The summed E-state index contributed by atoms with van der Waals surface area (Å²) in [6.07, 6.45) is 1.56. The molecule has 0 radical (unpaired) electrons. The number of aryl methyl sites for hydroxylation is 2. The molecule has 0 fully saturated rings. The van der Waals surface area contributed by atoms with Crippen molar-refractivity contribution in [1.29, 1.82) is 0 Å². The summed E-state index contributed by atoms with van der Waals surface area (Å²) in [5.41, 5.74) is 3.10. The Balaban J connectivity index is 2.31. The molecule has 0 saturated carbocycles. The average Bonchev–Trinajstić information content (AvgIpc) is 2.21. The first-order chi connectivity index (χ1) is 8.04. The maximum atomic E-state index is 13.6. The molecular formula is C13H12BrFN2. The molecule has 0 aliphatic heterocycles. The number of aromatic nitrogens is 1. The first-order valence-electron chi connectivity index (χ1n) is 5.21. The zero-order valence-corrected chi connectivity index (χ0v) is 11.2. The molecule has 0 amide bonds. The van der Waals surface area contributed by atoms with Gasteiger partial charge in [0.15, 0.2) is 11.6 Å². The van der Waals surface area contributed by atoms with Crippen molar-refractivity contribution in [2.24, 2.45) is 0 Å². The molecule has 1 aromatic heterocycles. The first kappa shape index (κ1) is 12.0. The van der Waals surface area contributed by atoms with E-state index in [2.05, 4.69) is 32.3 Å². The molecule has 88 valence electrons. The normalized spacial score (nSPS) is 10.4. The Bertz CT molecular complexity index is 535. The predicted octanol–water partition coefficient (Wildman–Crippen LogP) is 4.34. The highest BCUT2D eigenvalue weighted by atomic mass is 79.9. The van der Waals surface area contributed by atoms with Crippen LogP contribution in [0.5, 0.6) is 0 Å². The second-order valence-corrected chi connectivity index (χ2v) is 4.90. The molecule has 2 nitrogen and oxygen atoms in total. The number of nitrogens with one attached hydrogen (secondary N) is 1. The Morgan fingerprint density at radius 3 is 2.35 bits per heavy atom. The summed E-state index contributed by atoms with van der Waals surface area (Å²) < 4.78 is 14.2. The van der Waals surface area contributed by atoms with Crippen LogP contribution in [0.25, 0.3) is 0 Å². The Morgan fingerprint density at radius 1 is 1.12 bits per heavy atom. The molecule has 1 aromatic carbocycles. The third kappa shape index (κ3) is 3.03. The highest BCUT2D eigenvalue weighted by Gasteiger charge is 2.05. The van der Waals surface area contributed by atoms with Crippen LogP contribution in [-0.4, -0.2) is 4.98 Å². The van der Waals surface area contributed by atoms with E-state index >= 15 is 0 Å².